The lowest BCUT2D eigenvalue weighted by molar-refractivity contribution is -0.0901. The van der Waals surface area contributed by atoms with Crippen LogP contribution in [-0.4, -0.2) is 31.2 Å². The van der Waals surface area contributed by atoms with Crippen molar-refractivity contribution in [2.75, 3.05) is 13.2 Å². The van der Waals surface area contributed by atoms with E-state index in [4.69, 9.17) is 4.74 Å². The van der Waals surface area contributed by atoms with E-state index in [-0.39, 0.29) is 12.6 Å². The van der Waals surface area contributed by atoms with Crippen LogP contribution in [0.3, 0.4) is 0 Å². The Morgan fingerprint density at radius 2 is 2.08 bits per heavy atom. The van der Waals surface area contributed by atoms with Gasteiger partial charge in [-0.15, -0.1) is 0 Å². The smallest absolute Gasteiger partial charge is 0.283 e. The minimum absolute atomic E-state index is 0.133. The molecule has 1 rings (SSSR count). The second-order valence-electron chi connectivity index (χ2n) is 3.87. The van der Waals surface area contributed by atoms with Gasteiger partial charge in [-0.1, -0.05) is 0 Å². The predicted octanol–water partition coefficient (Wildman–Crippen LogP) is 1.80. The molecule has 1 fully saturated rings. The second kappa shape index (κ2) is 4.33. The van der Waals surface area contributed by atoms with Crippen molar-refractivity contribution in [3.63, 3.8) is 0 Å². The number of rotatable bonds is 6. The molecule has 1 aliphatic rings. The van der Waals surface area contributed by atoms with Gasteiger partial charge in [0.15, 0.2) is 0 Å². The molecule has 2 nitrogen and oxygen atoms in total. The molecule has 78 valence electrons. The maximum atomic E-state index is 13.0. The van der Waals surface area contributed by atoms with Crippen LogP contribution in [-0.2, 0) is 4.74 Å². The first-order valence-corrected chi connectivity index (χ1v) is 4.72. The summed E-state index contributed by atoms with van der Waals surface area (Å²) in [5, 5.41) is 2.79. The fourth-order valence-corrected chi connectivity index (χ4v) is 0.921. The predicted molar refractivity (Wildman–Crippen MR) is 47.1 cm³/mol. The van der Waals surface area contributed by atoms with Gasteiger partial charge in [0.25, 0.3) is 5.92 Å². The fraction of sp³-hybridized carbons (Fsp3) is 1.00. The highest BCUT2D eigenvalue weighted by Gasteiger charge is 2.32. The van der Waals surface area contributed by atoms with Gasteiger partial charge in [-0.25, -0.2) is 8.78 Å². The fourth-order valence-electron chi connectivity index (χ4n) is 0.921. The zero-order chi connectivity index (χ0) is 9.90. The topological polar surface area (TPSA) is 21.3 Å². The molecule has 0 heterocycles. The molecule has 0 saturated heterocycles. The van der Waals surface area contributed by atoms with Gasteiger partial charge in [-0.3, -0.25) is 0 Å². The highest BCUT2D eigenvalue weighted by molar-refractivity contribution is 4.83. The molecule has 0 bridgehead atoms. The molecular formula is C9H17F2NO. The van der Waals surface area contributed by atoms with Crippen molar-refractivity contribution in [3.8, 4) is 0 Å². The molecule has 0 aromatic rings. The van der Waals surface area contributed by atoms with Crippen molar-refractivity contribution in [2.45, 2.75) is 44.8 Å². The molecule has 0 unspecified atom stereocenters. The van der Waals surface area contributed by atoms with Gasteiger partial charge >= 0.3 is 0 Å². The van der Waals surface area contributed by atoms with Crippen LogP contribution in [0.4, 0.5) is 8.78 Å². The van der Waals surface area contributed by atoms with E-state index in [0.29, 0.717) is 6.04 Å². The summed E-state index contributed by atoms with van der Waals surface area (Å²) in [6.07, 6.45) is 1.93. The minimum Gasteiger partial charge on any atom is -0.372 e. The van der Waals surface area contributed by atoms with E-state index in [2.05, 4.69) is 5.32 Å². The molecule has 0 atom stereocenters. The number of ether oxygens (including phenoxy) is 1. The van der Waals surface area contributed by atoms with Crippen LogP contribution in [0.5, 0.6) is 0 Å². The van der Waals surface area contributed by atoms with E-state index in [1.165, 1.54) is 0 Å². The number of halogens is 2. The highest BCUT2D eigenvalue weighted by Crippen LogP contribution is 2.21. The van der Waals surface area contributed by atoms with E-state index >= 15 is 0 Å². The van der Waals surface area contributed by atoms with Gasteiger partial charge in [0, 0.05) is 6.04 Å². The zero-order valence-corrected chi connectivity index (χ0v) is 8.15. The molecule has 0 aliphatic heterocycles. The summed E-state index contributed by atoms with van der Waals surface area (Å²) in [6, 6.07) is 0.324. The minimum atomic E-state index is -2.73. The maximum Gasteiger partial charge on any atom is 0.283 e. The van der Waals surface area contributed by atoms with E-state index in [1.807, 2.05) is 0 Å². The Morgan fingerprint density at radius 1 is 1.46 bits per heavy atom. The second-order valence-corrected chi connectivity index (χ2v) is 3.87. The Hall–Kier alpha value is -0.220. The monoisotopic (exact) mass is 193 g/mol. The van der Waals surface area contributed by atoms with Crippen LogP contribution in [0, 0.1) is 0 Å². The lowest BCUT2D eigenvalue weighted by atomic mass is 10.3. The van der Waals surface area contributed by atoms with E-state index < -0.39 is 12.5 Å². The first-order valence-electron chi connectivity index (χ1n) is 4.72. The van der Waals surface area contributed by atoms with Gasteiger partial charge in [-0.05, 0) is 26.7 Å². The average molecular weight is 193 g/mol. The lowest BCUT2D eigenvalue weighted by Gasteiger charge is -2.18. The molecule has 0 aromatic heterocycles. The number of hydrogen-bond acceptors (Lipinski definition) is 2. The Labute approximate surface area is 77.6 Å². The summed E-state index contributed by atoms with van der Waals surface area (Å²) < 4.78 is 30.8. The van der Waals surface area contributed by atoms with Gasteiger partial charge < -0.3 is 10.1 Å². The summed E-state index contributed by atoms with van der Waals surface area (Å²) in [6.45, 7) is 2.77. The molecule has 1 aliphatic carbocycles. The normalized spacial score (nSPS) is 18.2. The number of alkyl halides is 2. The van der Waals surface area contributed by atoms with E-state index in [0.717, 1.165) is 12.8 Å². The molecular weight excluding hydrogens is 176 g/mol. The highest BCUT2D eigenvalue weighted by atomic mass is 19.3. The first-order chi connectivity index (χ1) is 5.99. The van der Waals surface area contributed by atoms with Gasteiger partial charge in [0.05, 0.1) is 12.6 Å². The molecule has 0 radical (unpaired) electrons. The molecule has 1 saturated carbocycles. The Morgan fingerprint density at radius 3 is 2.54 bits per heavy atom. The summed E-state index contributed by atoms with van der Waals surface area (Å²) in [5.74, 6) is -2.73. The summed E-state index contributed by atoms with van der Waals surface area (Å²) in [7, 11) is 0. The van der Waals surface area contributed by atoms with Crippen LogP contribution in [0.1, 0.15) is 26.7 Å². The summed E-state index contributed by atoms with van der Waals surface area (Å²) >= 11 is 0. The maximum absolute atomic E-state index is 13.0. The van der Waals surface area contributed by atoms with Gasteiger partial charge in [0.2, 0.25) is 0 Å². The molecule has 0 aromatic carbocycles. The van der Waals surface area contributed by atoms with Crippen LogP contribution in [0.25, 0.3) is 0 Å². The van der Waals surface area contributed by atoms with Gasteiger partial charge in [0.1, 0.15) is 6.61 Å². The van der Waals surface area contributed by atoms with E-state index in [9.17, 15) is 8.78 Å². The Kier molecular flexibility index (Phi) is 3.62. The van der Waals surface area contributed by atoms with Crippen LogP contribution in [0.15, 0.2) is 0 Å². The summed E-state index contributed by atoms with van der Waals surface area (Å²) in [4.78, 5) is 0. The molecule has 13 heavy (non-hydrogen) atoms. The SMILES string of the molecule is CC(C)OCC(F)(F)CNC1CC1. The molecule has 4 heteroatoms. The lowest BCUT2D eigenvalue weighted by Crippen LogP contribution is -2.38. The van der Waals surface area contributed by atoms with Crippen LogP contribution < -0.4 is 5.32 Å². The Bertz CT molecular complexity index is 150. The average Bonchev–Trinajstić information content (AvgIpc) is 2.81. The Balaban J connectivity index is 2.10. The van der Waals surface area contributed by atoms with E-state index in [1.54, 1.807) is 13.8 Å². The molecule has 1 N–H and O–H groups in total. The van der Waals surface area contributed by atoms with Crippen molar-refractivity contribution in [1.82, 2.24) is 5.32 Å². The van der Waals surface area contributed by atoms with Crippen molar-refractivity contribution < 1.29 is 13.5 Å². The van der Waals surface area contributed by atoms with Gasteiger partial charge in [-0.2, -0.15) is 0 Å². The van der Waals surface area contributed by atoms with Crippen molar-refractivity contribution in [2.24, 2.45) is 0 Å². The van der Waals surface area contributed by atoms with Crippen molar-refractivity contribution in [3.05, 3.63) is 0 Å². The van der Waals surface area contributed by atoms with Crippen molar-refractivity contribution in [1.29, 1.82) is 0 Å². The van der Waals surface area contributed by atoms with Crippen molar-refractivity contribution >= 4 is 0 Å². The quantitative estimate of drug-likeness (QED) is 0.694. The standard InChI is InChI=1S/C9H17F2NO/c1-7(2)13-6-9(10,11)5-12-8-3-4-8/h7-8,12H,3-6H2,1-2H3. The zero-order valence-electron chi connectivity index (χ0n) is 8.15. The number of hydrogen-bond donors (Lipinski definition) is 1. The number of nitrogens with one attached hydrogen (secondary N) is 1. The third-order valence-corrected chi connectivity index (χ3v) is 1.85. The molecule has 0 spiro atoms. The summed E-state index contributed by atoms with van der Waals surface area (Å²) in [5.41, 5.74) is 0. The van der Waals surface area contributed by atoms with Crippen LogP contribution >= 0.6 is 0 Å². The largest absolute Gasteiger partial charge is 0.372 e. The van der Waals surface area contributed by atoms with Crippen LogP contribution in [0.2, 0.25) is 0 Å². The first kappa shape index (κ1) is 10.9. The third-order valence-electron chi connectivity index (χ3n) is 1.85. The third kappa shape index (κ3) is 5.16. The molecule has 0 amide bonds.